The lowest BCUT2D eigenvalue weighted by atomic mass is 10.3. The molecule has 0 atom stereocenters. The second-order valence-electron chi connectivity index (χ2n) is 3.52. The highest BCUT2D eigenvalue weighted by molar-refractivity contribution is 6.32. The number of hydrogen-bond acceptors (Lipinski definition) is 4. The summed E-state index contributed by atoms with van der Waals surface area (Å²) >= 11 is 5.81. The highest BCUT2D eigenvalue weighted by Gasteiger charge is 2.09. The van der Waals surface area contributed by atoms with Crippen molar-refractivity contribution in [1.29, 1.82) is 0 Å². The second kappa shape index (κ2) is 4.70. The fourth-order valence-corrected chi connectivity index (χ4v) is 1.72. The van der Waals surface area contributed by atoms with E-state index in [0.717, 1.165) is 31.9 Å². The maximum absolute atomic E-state index is 9.27. The van der Waals surface area contributed by atoms with Crippen LogP contribution in [0.4, 0.5) is 5.69 Å². The quantitative estimate of drug-likeness (QED) is 0.667. The highest BCUT2D eigenvalue weighted by atomic mass is 35.5. The van der Waals surface area contributed by atoms with Crippen molar-refractivity contribution in [3.05, 3.63) is 23.2 Å². The second-order valence-corrected chi connectivity index (χ2v) is 3.92. The first-order valence-corrected chi connectivity index (χ1v) is 5.34. The van der Waals surface area contributed by atoms with E-state index >= 15 is 0 Å². The van der Waals surface area contributed by atoms with Gasteiger partial charge in [-0.1, -0.05) is 11.6 Å². The first kappa shape index (κ1) is 10.5. The van der Waals surface area contributed by atoms with Crippen molar-refractivity contribution < 1.29 is 5.11 Å². The van der Waals surface area contributed by atoms with Crippen molar-refractivity contribution in [2.75, 3.05) is 31.6 Å². The van der Waals surface area contributed by atoms with Gasteiger partial charge >= 0.3 is 0 Å². The van der Waals surface area contributed by atoms with Crippen molar-refractivity contribution in [3.63, 3.8) is 0 Å². The summed E-state index contributed by atoms with van der Waals surface area (Å²) in [6.07, 6.45) is 0. The number of aromatic hydroxyl groups is 1. The minimum atomic E-state index is 0.113. The van der Waals surface area contributed by atoms with Gasteiger partial charge in [0, 0.05) is 26.2 Å². The van der Waals surface area contributed by atoms with Gasteiger partial charge in [0.2, 0.25) is 0 Å². The Morgan fingerprint density at radius 3 is 2.73 bits per heavy atom. The Hall–Kier alpha value is -0.970. The van der Waals surface area contributed by atoms with Crippen LogP contribution in [0.25, 0.3) is 0 Å². The lowest BCUT2D eigenvalue weighted by Gasteiger charge is -2.28. The zero-order valence-electron chi connectivity index (χ0n) is 8.33. The van der Waals surface area contributed by atoms with Crippen LogP contribution >= 0.6 is 11.6 Å². The predicted molar refractivity (Wildman–Crippen MR) is 61.2 cm³/mol. The normalized spacial score (nSPS) is 17.7. The summed E-state index contributed by atoms with van der Waals surface area (Å²) in [6, 6.07) is 5.12. The number of halogens is 1. The van der Waals surface area contributed by atoms with E-state index in [0.29, 0.717) is 5.02 Å². The van der Waals surface area contributed by atoms with E-state index < -0.39 is 0 Å². The molecule has 1 aliphatic heterocycles. The van der Waals surface area contributed by atoms with Crippen molar-refractivity contribution >= 4 is 17.3 Å². The number of rotatable bonds is 2. The summed E-state index contributed by atoms with van der Waals surface area (Å²) < 4.78 is 0. The van der Waals surface area contributed by atoms with Gasteiger partial charge < -0.3 is 15.8 Å². The maximum Gasteiger partial charge on any atom is 0.134 e. The Morgan fingerprint density at radius 1 is 1.33 bits per heavy atom. The SMILES string of the molecule is Oc1ccc(NN2CCNCC2)cc1Cl. The summed E-state index contributed by atoms with van der Waals surface area (Å²) in [5, 5.41) is 15.0. The Balaban J connectivity index is 2.00. The third kappa shape index (κ3) is 2.75. The monoisotopic (exact) mass is 227 g/mol. The number of piperazine rings is 1. The molecular formula is C10H14ClN3O. The lowest BCUT2D eigenvalue weighted by molar-refractivity contribution is 0.287. The van der Waals surface area contributed by atoms with Crippen LogP contribution in [0, 0.1) is 0 Å². The van der Waals surface area contributed by atoms with Crippen molar-refractivity contribution in [2.24, 2.45) is 0 Å². The van der Waals surface area contributed by atoms with Crippen LogP contribution in [-0.4, -0.2) is 36.3 Å². The topological polar surface area (TPSA) is 47.5 Å². The lowest BCUT2D eigenvalue weighted by Crippen LogP contribution is -2.46. The average Bonchev–Trinajstić information content (AvgIpc) is 2.25. The fraction of sp³-hybridized carbons (Fsp3) is 0.400. The van der Waals surface area contributed by atoms with Crippen LogP contribution in [-0.2, 0) is 0 Å². The van der Waals surface area contributed by atoms with E-state index in [-0.39, 0.29) is 5.75 Å². The number of phenols is 1. The number of phenolic OH excluding ortho intramolecular Hbond substituents is 1. The molecule has 1 heterocycles. The van der Waals surface area contributed by atoms with Gasteiger partial charge in [-0.05, 0) is 18.2 Å². The molecular weight excluding hydrogens is 214 g/mol. The average molecular weight is 228 g/mol. The van der Waals surface area contributed by atoms with Crippen LogP contribution < -0.4 is 10.7 Å². The van der Waals surface area contributed by atoms with Crippen LogP contribution in [0.3, 0.4) is 0 Å². The van der Waals surface area contributed by atoms with Gasteiger partial charge in [-0.2, -0.15) is 0 Å². The van der Waals surface area contributed by atoms with E-state index in [9.17, 15) is 5.11 Å². The summed E-state index contributed by atoms with van der Waals surface area (Å²) in [5.74, 6) is 0.113. The number of anilines is 1. The molecule has 0 aliphatic carbocycles. The molecule has 0 spiro atoms. The van der Waals surface area contributed by atoms with Crippen LogP contribution in [0.1, 0.15) is 0 Å². The van der Waals surface area contributed by atoms with Gasteiger partial charge in [-0.15, -0.1) is 0 Å². The van der Waals surface area contributed by atoms with Crippen LogP contribution in [0.15, 0.2) is 18.2 Å². The van der Waals surface area contributed by atoms with Gasteiger partial charge in [0.25, 0.3) is 0 Å². The molecule has 0 bridgehead atoms. The Morgan fingerprint density at radius 2 is 2.07 bits per heavy atom. The standard InChI is InChI=1S/C10H14ClN3O/c11-9-7-8(1-2-10(9)15)13-14-5-3-12-4-6-14/h1-2,7,12-13,15H,3-6H2. The molecule has 1 aliphatic rings. The smallest absolute Gasteiger partial charge is 0.134 e. The highest BCUT2D eigenvalue weighted by Crippen LogP contribution is 2.26. The van der Waals surface area contributed by atoms with Crippen molar-refractivity contribution in [3.8, 4) is 5.75 Å². The van der Waals surface area contributed by atoms with Crippen molar-refractivity contribution in [1.82, 2.24) is 10.3 Å². The molecule has 1 aromatic rings. The largest absolute Gasteiger partial charge is 0.506 e. The molecule has 4 nitrogen and oxygen atoms in total. The van der Waals surface area contributed by atoms with Gasteiger partial charge in [0.05, 0.1) is 10.7 Å². The van der Waals surface area contributed by atoms with E-state index in [2.05, 4.69) is 15.8 Å². The molecule has 0 aromatic heterocycles. The minimum Gasteiger partial charge on any atom is -0.506 e. The van der Waals surface area contributed by atoms with Crippen LogP contribution in [0.5, 0.6) is 5.75 Å². The number of nitrogens with one attached hydrogen (secondary N) is 2. The molecule has 1 saturated heterocycles. The van der Waals surface area contributed by atoms with E-state index in [1.54, 1.807) is 12.1 Å². The number of benzene rings is 1. The van der Waals surface area contributed by atoms with E-state index in [1.165, 1.54) is 0 Å². The Bertz CT molecular complexity index is 339. The molecule has 1 fully saturated rings. The maximum atomic E-state index is 9.27. The number of hydrogen-bond donors (Lipinski definition) is 3. The summed E-state index contributed by atoms with van der Waals surface area (Å²) in [5.41, 5.74) is 4.15. The van der Waals surface area contributed by atoms with Gasteiger partial charge in [-0.25, -0.2) is 5.01 Å². The molecule has 82 valence electrons. The summed E-state index contributed by atoms with van der Waals surface area (Å²) in [6.45, 7) is 3.88. The summed E-state index contributed by atoms with van der Waals surface area (Å²) in [7, 11) is 0. The first-order chi connectivity index (χ1) is 7.25. The Kier molecular flexibility index (Phi) is 3.30. The minimum absolute atomic E-state index is 0.113. The molecule has 0 radical (unpaired) electrons. The first-order valence-electron chi connectivity index (χ1n) is 4.96. The van der Waals surface area contributed by atoms with Crippen molar-refractivity contribution in [2.45, 2.75) is 0 Å². The van der Waals surface area contributed by atoms with Crippen LogP contribution in [0.2, 0.25) is 5.02 Å². The zero-order chi connectivity index (χ0) is 10.7. The molecule has 0 unspecified atom stereocenters. The molecule has 2 rings (SSSR count). The van der Waals surface area contributed by atoms with Gasteiger partial charge in [0.1, 0.15) is 5.75 Å². The summed E-state index contributed by atoms with van der Waals surface area (Å²) in [4.78, 5) is 0. The Labute approximate surface area is 93.8 Å². The van der Waals surface area contributed by atoms with Gasteiger partial charge in [-0.3, -0.25) is 0 Å². The molecule has 15 heavy (non-hydrogen) atoms. The van der Waals surface area contributed by atoms with E-state index in [1.807, 2.05) is 6.07 Å². The number of nitrogens with zero attached hydrogens (tertiary/aromatic N) is 1. The molecule has 0 amide bonds. The fourth-order valence-electron chi connectivity index (χ4n) is 1.54. The zero-order valence-corrected chi connectivity index (χ0v) is 9.09. The molecule has 1 aromatic carbocycles. The predicted octanol–water partition coefficient (Wildman–Crippen LogP) is 1.28. The third-order valence-corrected chi connectivity index (χ3v) is 2.65. The molecule has 3 N–H and O–H groups in total. The molecule has 0 saturated carbocycles. The molecule has 5 heteroatoms. The van der Waals surface area contributed by atoms with E-state index in [4.69, 9.17) is 11.6 Å². The number of hydrazine groups is 1. The van der Waals surface area contributed by atoms with Gasteiger partial charge in [0.15, 0.2) is 0 Å². The third-order valence-electron chi connectivity index (χ3n) is 2.35.